The van der Waals surface area contributed by atoms with Gasteiger partial charge in [0.25, 0.3) is 11.6 Å². The van der Waals surface area contributed by atoms with Gasteiger partial charge in [-0.1, -0.05) is 12.8 Å². The molecule has 0 radical (unpaired) electrons. The highest BCUT2D eigenvalue weighted by atomic mass is 19.1. The summed E-state index contributed by atoms with van der Waals surface area (Å²) >= 11 is 0. The van der Waals surface area contributed by atoms with Crippen molar-refractivity contribution >= 4 is 17.3 Å². The molecule has 0 saturated heterocycles. The molecule has 1 aliphatic carbocycles. The van der Waals surface area contributed by atoms with E-state index < -0.39 is 22.3 Å². The molecule has 1 aliphatic rings. The number of nitrogen functional groups attached to an aromatic ring is 1. The minimum Gasteiger partial charge on any atom is -0.396 e. The molecule has 0 heterocycles. The molecule has 1 saturated carbocycles. The van der Waals surface area contributed by atoms with Crippen LogP contribution in [0.3, 0.4) is 0 Å². The molecule has 114 valence electrons. The van der Waals surface area contributed by atoms with Gasteiger partial charge >= 0.3 is 0 Å². The lowest BCUT2D eigenvalue weighted by molar-refractivity contribution is -0.385. The van der Waals surface area contributed by atoms with E-state index in [1.165, 1.54) is 0 Å². The summed E-state index contributed by atoms with van der Waals surface area (Å²) in [6, 6.07) is 1.63. The number of nitrogens with two attached hydrogens (primary N) is 1. The van der Waals surface area contributed by atoms with E-state index in [2.05, 4.69) is 5.32 Å². The van der Waals surface area contributed by atoms with Crippen LogP contribution in [0.15, 0.2) is 12.1 Å². The van der Waals surface area contributed by atoms with Crippen LogP contribution in [0.2, 0.25) is 0 Å². The van der Waals surface area contributed by atoms with Crippen LogP contribution in [0, 0.1) is 21.8 Å². The Bertz CT molecular complexity index is 571. The molecule has 7 heteroatoms. The fourth-order valence-corrected chi connectivity index (χ4v) is 2.77. The van der Waals surface area contributed by atoms with Crippen molar-refractivity contribution < 1.29 is 14.1 Å². The van der Waals surface area contributed by atoms with Crippen LogP contribution < -0.4 is 11.1 Å². The normalized spacial score (nSPS) is 16.7. The Labute approximate surface area is 121 Å². The quantitative estimate of drug-likeness (QED) is 0.506. The van der Waals surface area contributed by atoms with Gasteiger partial charge in [-0.25, -0.2) is 4.39 Å². The lowest BCUT2D eigenvalue weighted by Gasteiger charge is -2.20. The van der Waals surface area contributed by atoms with Crippen LogP contribution in [0.4, 0.5) is 15.8 Å². The molecular weight excluding hydrogens is 277 g/mol. The molecule has 1 aromatic carbocycles. The van der Waals surface area contributed by atoms with E-state index in [1.807, 2.05) is 6.92 Å². The fourth-order valence-electron chi connectivity index (χ4n) is 2.77. The van der Waals surface area contributed by atoms with Crippen LogP contribution in [-0.2, 0) is 0 Å². The highest BCUT2D eigenvalue weighted by Gasteiger charge is 2.27. The maximum absolute atomic E-state index is 13.3. The Morgan fingerprint density at radius 3 is 2.67 bits per heavy atom. The maximum Gasteiger partial charge on any atom is 0.285 e. The summed E-state index contributed by atoms with van der Waals surface area (Å²) in [5.74, 6) is -1.11. The van der Waals surface area contributed by atoms with E-state index in [0.717, 1.165) is 31.7 Å². The highest BCUT2D eigenvalue weighted by Crippen LogP contribution is 2.29. The van der Waals surface area contributed by atoms with E-state index in [4.69, 9.17) is 5.73 Å². The predicted octanol–water partition coefficient (Wildman–Crippen LogP) is 2.62. The lowest BCUT2D eigenvalue weighted by Crippen LogP contribution is -2.37. The van der Waals surface area contributed by atoms with Crippen LogP contribution >= 0.6 is 0 Å². The fraction of sp³-hybridized carbons (Fsp3) is 0.500. The van der Waals surface area contributed by atoms with E-state index in [9.17, 15) is 19.3 Å². The molecule has 1 amide bonds. The number of hydrogen-bond acceptors (Lipinski definition) is 4. The number of halogens is 1. The molecule has 0 spiro atoms. The monoisotopic (exact) mass is 295 g/mol. The van der Waals surface area contributed by atoms with Crippen molar-refractivity contribution in [1.82, 2.24) is 5.32 Å². The number of benzene rings is 1. The standard InChI is InChI=1S/C14H18FN3O3/c1-8(9-4-2-3-5-9)17-14(19)10-6-12(16)11(15)7-13(10)18(20)21/h6-9H,2-5,16H2,1H3,(H,17,19). The molecule has 1 fully saturated rings. The van der Waals surface area contributed by atoms with E-state index in [1.54, 1.807) is 0 Å². The summed E-state index contributed by atoms with van der Waals surface area (Å²) in [7, 11) is 0. The largest absolute Gasteiger partial charge is 0.396 e. The third kappa shape index (κ3) is 3.29. The molecule has 0 bridgehead atoms. The molecule has 0 aromatic heterocycles. The first-order valence-electron chi connectivity index (χ1n) is 6.94. The minimum atomic E-state index is -0.901. The van der Waals surface area contributed by atoms with Gasteiger partial charge in [-0.05, 0) is 31.7 Å². The van der Waals surface area contributed by atoms with Gasteiger partial charge in [0.2, 0.25) is 0 Å². The van der Waals surface area contributed by atoms with Crippen LogP contribution in [0.25, 0.3) is 0 Å². The topological polar surface area (TPSA) is 98.3 Å². The molecule has 1 atom stereocenters. The Balaban J connectivity index is 2.21. The van der Waals surface area contributed by atoms with Crippen molar-refractivity contribution in [3.8, 4) is 0 Å². The van der Waals surface area contributed by atoms with Gasteiger partial charge in [-0.2, -0.15) is 0 Å². The zero-order chi connectivity index (χ0) is 15.6. The summed E-state index contributed by atoms with van der Waals surface area (Å²) in [6.45, 7) is 1.88. The maximum atomic E-state index is 13.3. The van der Waals surface area contributed by atoms with Gasteiger partial charge in [0.05, 0.1) is 16.7 Å². The number of carbonyl (C=O) groups is 1. The Hall–Kier alpha value is -2.18. The zero-order valence-electron chi connectivity index (χ0n) is 11.8. The van der Waals surface area contributed by atoms with E-state index >= 15 is 0 Å². The molecule has 1 aromatic rings. The average Bonchev–Trinajstić information content (AvgIpc) is 2.95. The summed E-state index contributed by atoms with van der Waals surface area (Å²) in [4.78, 5) is 22.4. The van der Waals surface area contributed by atoms with Crippen LogP contribution in [0.5, 0.6) is 0 Å². The highest BCUT2D eigenvalue weighted by molar-refractivity contribution is 5.99. The SMILES string of the molecule is CC(NC(=O)c1cc(N)c(F)cc1[N+](=O)[O-])C1CCCC1. The number of amides is 1. The summed E-state index contributed by atoms with van der Waals surface area (Å²) in [5.41, 5.74) is 4.35. The zero-order valence-corrected chi connectivity index (χ0v) is 11.8. The minimum absolute atomic E-state index is 0.0779. The van der Waals surface area contributed by atoms with Gasteiger partial charge in [0, 0.05) is 6.04 Å². The summed E-state index contributed by atoms with van der Waals surface area (Å²) in [6.07, 6.45) is 4.34. The number of anilines is 1. The smallest absolute Gasteiger partial charge is 0.285 e. The number of nitro benzene ring substituents is 1. The van der Waals surface area contributed by atoms with Gasteiger partial charge in [-0.15, -0.1) is 0 Å². The number of nitrogens with one attached hydrogen (secondary N) is 1. The van der Waals surface area contributed by atoms with Crippen molar-refractivity contribution in [3.05, 3.63) is 33.6 Å². The summed E-state index contributed by atoms with van der Waals surface area (Å²) < 4.78 is 13.3. The molecule has 3 N–H and O–H groups in total. The average molecular weight is 295 g/mol. The third-order valence-electron chi connectivity index (χ3n) is 4.02. The number of rotatable bonds is 4. The second kappa shape index (κ2) is 6.07. The second-order valence-corrected chi connectivity index (χ2v) is 5.45. The van der Waals surface area contributed by atoms with Gasteiger partial charge < -0.3 is 11.1 Å². The molecule has 1 unspecified atom stereocenters. The predicted molar refractivity (Wildman–Crippen MR) is 76.4 cm³/mol. The Kier molecular flexibility index (Phi) is 4.40. The summed E-state index contributed by atoms with van der Waals surface area (Å²) in [5, 5.41) is 13.7. The van der Waals surface area contributed by atoms with Crippen LogP contribution in [-0.4, -0.2) is 16.9 Å². The second-order valence-electron chi connectivity index (χ2n) is 5.45. The lowest BCUT2D eigenvalue weighted by atomic mass is 9.99. The van der Waals surface area contributed by atoms with Gasteiger partial charge in [0.15, 0.2) is 5.82 Å². The number of carbonyl (C=O) groups excluding carboxylic acids is 1. The molecular formula is C14H18FN3O3. The Morgan fingerprint density at radius 2 is 2.10 bits per heavy atom. The van der Waals surface area contributed by atoms with Crippen molar-refractivity contribution in [1.29, 1.82) is 0 Å². The first-order chi connectivity index (χ1) is 9.90. The van der Waals surface area contributed by atoms with Crippen molar-refractivity contribution in [2.24, 2.45) is 5.92 Å². The molecule has 2 rings (SSSR count). The first kappa shape index (κ1) is 15.2. The van der Waals surface area contributed by atoms with Crippen molar-refractivity contribution in [2.45, 2.75) is 38.6 Å². The number of hydrogen-bond donors (Lipinski definition) is 2. The van der Waals surface area contributed by atoms with Crippen molar-refractivity contribution in [2.75, 3.05) is 5.73 Å². The van der Waals surface area contributed by atoms with E-state index in [0.29, 0.717) is 12.0 Å². The number of nitro groups is 1. The molecule has 21 heavy (non-hydrogen) atoms. The van der Waals surface area contributed by atoms with Crippen LogP contribution in [0.1, 0.15) is 43.0 Å². The first-order valence-corrected chi connectivity index (χ1v) is 6.94. The van der Waals surface area contributed by atoms with Gasteiger partial charge in [0.1, 0.15) is 5.56 Å². The Morgan fingerprint density at radius 1 is 1.48 bits per heavy atom. The molecule has 6 nitrogen and oxygen atoms in total. The van der Waals surface area contributed by atoms with E-state index in [-0.39, 0.29) is 17.3 Å². The van der Waals surface area contributed by atoms with Crippen molar-refractivity contribution in [3.63, 3.8) is 0 Å². The third-order valence-corrected chi connectivity index (χ3v) is 4.02. The molecule has 0 aliphatic heterocycles. The number of nitrogens with zero attached hydrogens (tertiary/aromatic N) is 1. The van der Waals surface area contributed by atoms with Gasteiger partial charge in [-0.3, -0.25) is 14.9 Å².